The summed E-state index contributed by atoms with van der Waals surface area (Å²) >= 11 is 0. The Morgan fingerprint density at radius 3 is 2.55 bits per heavy atom. The lowest BCUT2D eigenvalue weighted by Crippen LogP contribution is -2.44. The van der Waals surface area contributed by atoms with Crippen LogP contribution in [0.5, 0.6) is 0 Å². The third kappa shape index (κ3) is 1.71. The number of hydrogen-bond acceptors (Lipinski definition) is 3. The second kappa shape index (κ2) is 3.72. The van der Waals surface area contributed by atoms with Crippen molar-refractivity contribution in [3.05, 3.63) is 0 Å². The second-order valence-corrected chi connectivity index (χ2v) is 2.98. The van der Waals surface area contributed by atoms with Crippen molar-refractivity contribution in [2.75, 3.05) is 14.2 Å². The molecular formula is C8H15NO2. The van der Waals surface area contributed by atoms with Crippen molar-refractivity contribution in [2.45, 2.75) is 25.3 Å². The van der Waals surface area contributed by atoms with E-state index in [1.165, 1.54) is 13.5 Å². The molecule has 0 bridgehead atoms. The van der Waals surface area contributed by atoms with Gasteiger partial charge in [-0.3, -0.25) is 4.79 Å². The highest BCUT2D eigenvalue weighted by Gasteiger charge is 2.31. The van der Waals surface area contributed by atoms with Gasteiger partial charge in [0.15, 0.2) is 0 Å². The molecule has 1 atom stereocenters. The molecule has 0 heterocycles. The first-order chi connectivity index (χ1) is 5.29. The smallest absolute Gasteiger partial charge is 0.323 e. The van der Waals surface area contributed by atoms with E-state index < -0.39 is 0 Å². The summed E-state index contributed by atoms with van der Waals surface area (Å²) < 4.78 is 4.66. The Labute approximate surface area is 67.1 Å². The Kier molecular flexibility index (Phi) is 2.88. The first kappa shape index (κ1) is 8.53. The molecule has 1 fully saturated rings. The van der Waals surface area contributed by atoms with Crippen molar-refractivity contribution in [3.8, 4) is 0 Å². The van der Waals surface area contributed by atoms with E-state index in [-0.39, 0.29) is 12.0 Å². The Morgan fingerprint density at radius 1 is 1.64 bits per heavy atom. The molecule has 0 saturated heterocycles. The number of ether oxygens (including phenoxy) is 1. The molecule has 1 rings (SSSR count). The van der Waals surface area contributed by atoms with Crippen LogP contribution >= 0.6 is 0 Å². The Hall–Kier alpha value is -0.570. The molecule has 1 saturated carbocycles. The number of carbonyl (C=O) groups is 1. The molecule has 0 radical (unpaired) electrons. The molecule has 0 aliphatic heterocycles. The van der Waals surface area contributed by atoms with Gasteiger partial charge in [0.25, 0.3) is 0 Å². The zero-order chi connectivity index (χ0) is 8.27. The zero-order valence-electron chi connectivity index (χ0n) is 7.09. The predicted octanol–water partition coefficient (Wildman–Crippen LogP) is 0.547. The van der Waals surface area contributed by atoms with Gasteiger partial charge in [-0.05, 0) is 25.8 Å². The molecule has 0 aromatic rings. The van der Waals surface area contributed by atoms with Crippen LogP contribution in [0.3, 0.4) is 0 Å². The third-order valence-electron chi connectivity index (χ3n) is 2.39. The Bertz CT molecular complexity index is 143. The molecule has 1 N–H and O–H groups in total. The summed E-state index contributed by atoms with van der Waals surface area (Å²) in [6.07, 6.45) is 3.56. The van der Waals surface area contributed by atoms with Crippen molar-refractivity contribution in [2.24, 2.45) is 5.92 Å². The number of methoxy groups -OCH3 is 1. The fraction of sp³-hybridized carbons (Fsp3) is 0.875. The SMILES string of the molecule is CNC(C(=O)OC)C1CCC1. The molecule has 3 nitrogen and oxygen atoms in total. The fourth-order valence-electron chi connectivity index (χ4n) is 1.45. The van der Waals surface area contributed by atoms with Crippen LogP contribution in [0, 0.1) is 5.92 Å². The van der Waals surface area contributed by atoms with E-state index in [0.717, 1.165) is 12.8 Å². The van der Waals surface area contributed by atoms with Gasteiger partial charge in [0.05, 0.1) is 7.11 Å². The Morgan fingerprint density at radius 2 is 2.27 bits per heavy atom. The highest BCUT2D eigenvalue weighted by Crippen LogP contribution is 2.29. The van der Waals surface area contributed by atoms with Gasteiger partial charge in [0, 0.05) is 0 Å². The minimum absolute atomic E-state index is 0.0752. The maximum Gasteiger partial charge on any atom is 0.323 e. The summed E-state index contributed by atoms with van der Waals surface area (Å²) in [4.78, 5) is 11.1. The lowest BCUT2D eigenvalue weighted by atomic mass is 9.80. The predicted molar refractivity (Wildman–Crippen MR) is 42.2 cm³/mol. The van der Waals surface area contributed by atoms with Crippen LogP contribution in [0.1, 0.15) is 19.3 Å². The standard InChI is InChI=1S/C8H15NO2/c1-9-7(8(10)11-2)6-4-3-5-6/h6-7,9H,3-5H2,1-2H3. The highest BCUT2D eigenvalue weighted by atomic mass is 16.5. The van der Waals surface area contributed by atoms with Crippen molar-refractivity contribution < 1.29 is 9.53 Å². The van der Waals surface area contributed by atoms with Crippen LogP contribution in [-0.2, 0) is 9.53 Å². The topological polar surface area (TPSA) is 38.3 Å². The maximum atomic E-state index is 11.1. The van der Waals surface area contributed by atoms with Gasteiger partial charge in [0.1, 0.15) is 6.04 Å². The molecule has 11 heavy (non-hydrogen) atoms. The second-order valence-electron chi connectivity index (χ2n) is 2.98. The van der Waals surface area contributed by atoms with E-state index in [1.54, 1.807) is 7.05 Å². The minimum atomic E-state index is -0.128. The molecule has 1 aliphatic rings. The molecule has 64 valence electrons. The molecular weight excluding hydrogens is 142 g/mol. The van der Waals surface area contributed by atoms with Crippen LogP contribution < -0.4 is 5.32 Å². The van der Waals surface area contributed by atoms with Crippen LogP contribution in [0.25, 0.3) is 0 Å². The fourth-order valence-corrected chi connectivity index (χ4v) is 1.45. The number of nitrogens with one attached hydrogen (secondary N) is 1. The summed E-state index contributed by atoms with van der Waals surface area (Å²) in [6, 6.07) is -0.0752. The minimum Gasteiger partial charge on any atom is -0.468 e. The number of rotatable bonds is 3. The summed E-state index contributed by atoms with van der Waals surface area (Å²) in [5.74, 6) is 0.379. The summed E-state index contributed by atoms with van der Waals surface area (Å²) in [5, 5.41) is 2.98. The summed E-state index contributed by atoms with van der Waals surface area (Å²) in [5.41, 5.74) is 0. The van der Waals surface area contributed by atoms with Gasteiger partial charge in [-0.25, -0.2) is 0 Å². The largest absolute Gasteiger partial charge is 0.468 e. The molecule has 0 aromatic heterocycles. The summed E-state index contributed by atoms with van der Waals surface area (Å²) in [7, 11) is 3.24. The van der Waals surface area contributed by atoms with E-state index in [4.69, 9.17) is 0 Å². The van der Waals surface area contributed by atoms with E-state index in [2.05, 4.69) is 10.1 Å². The van der Waals surface area contributed by atoms with E-state index in [1.807, 2.05) is 0 Å². The van der Waals surface area contributed by atoms with Crippen molar-refractivity contribution in [1.29, 1.82) is 0 Å². The van der Waals surface area contributed by atoms with E-state index in [9.17, 15) is 4.79 Å². The Balaban J connectivity index is 2.40. The van der Waals surface area contributed by atoms with Gasteiger partial charge in [-0.2, -0.15) is 0 Å². The van der Waals surface area contributed by atoms with Gasteiger partial charge in [0.2, 0.25) is 0 Å². The average Bonchev–Trinajstić information content (AvgIpc) is 1.94. The third-order valence-corrected chi connectivity index (χ3v) is 2.39. The van der Waals surface area contributed by atoms with Crippen LogP contribution in [-0.4, -0.2) is 26.2 Å². The van der Waals surface area contributed by atoms with E-state index in [0.29, 0.717) is 5.92 Å². The number of carbonyl (C=O) groups excluding carboxylic acids is 1. The first-order valence-corrected chi connectivity index (χ1v) is 4.04. The quantitative estimate of drug-likeness (QED) is 0.608. The lowest BCUT2D eigenvalue weighted by Gasteiger charge is -2.31. The van der Waals surface area contributed by atoms with E-state index >= 15 is 0 Å². The molecule has 1 unspecified atom stereocenters. The maximum absolute atomic E-state index is 11.1. The lowest BCUT2D eigenvalue weighted by molar-refractivity contribution is -0.145. The van der Waals surface area contributed by atoms with Crippen molar-refractivity contribution >= 4 is 5.97 Å². The number of esters is 1. The average molecular weight is 157 g/mol. The van der Waals surface area contributed by atoms with Crippen LogP contribution in [0.4, 0.5) is 0 Å². The molecule has 3 heteroatoms. The number of likely N-dealkylation sites (N-methyl/N-ethyl adjacent to an activating group) is 1. The van der Waals surface area contributed by atoms with Crippen LogP contribution in [0.2, 0.25) is 0 Å². The zero-order valence-corrected chi connectivity index (χ0v) is 7.09. The van der Waals surface area contributed by atoms with Gasteiger partial charge in [-0.15, -0.1) is 0 Å². The van der Waals surface area contributed by atoms with Crippen LogP contribution in [0.15, 0.2) is 0 Å². The first-order valence-electron chi connectivity index (χ1n) is 4.04. The highest BCUT2D eigenvalue weighted by molar-refractivity contribution is 5.76. The number of hydrogen-bond donors (Lipinski definition) is 1. The van der Waals surface area contributed by atoms with Gasteiger partial charge >= 0.3 is 5.97 Å². The van der Waals surface area contributed by atoms with Gasteiger partial charge in [-0.1, -0.05) is 6.42 Å². The normalized spacial score (nSPS) is 20.5. The molecule has 1 aliphatic carbocycles. The molecule has 0 spiro atoms. The molecule has 0 amide bonds. The van der Waals surface area contributed by atoms with Crippen molar-refractivity contribution in [3.63, 3.8) is 0 Å². The monoisotopic (exact) mass is 157 g/mol. The van der Waals surface area contributed by atoms with Crippen molar-refractivity contribution in [1.82, 2.24) is 5.32 Å². The summed E-state index contributed by atoms with van der Waals surface area (Å²) in [6.45, 7) is 0. The van der Waals surface area contributed by atoms with Gasteiger partial charge < -0.3 is 10.1 Å². The molecule has 0 aromatic carbocycles.